The molecular formula is C21H29N5O4S. The fraction of sp³-hybridized carbons (Fsp3) is 0.524. The molecule has 3 rings (SSSR count). The van der Waals surface area contributed by atoms with Crippen molar-refractivity contribution in [3.63, 3.8) is 0 Å². The van der Waals surface area contributed by atoms with Crippen LogP contribution in [0.25, 0.3) is 11.7 Å². The third kappa shape index (κ3) is 5.69. The van der Waals surface area contributed by atoms with Gasteiger partial charge in [-0.15, -0.1) is 0 Å². The third-order valence-electron chi connectivity index (χ3n) is 4.80. The predicted molar refractivity (Wildman–Crippen MR) is 121 cm³/mol. The van der Waals surface area contributed by atoms with Crippen molar-refractivity contribution < 1.29 is 14.7 Å². The first-order valence-corrected chi connectivity index (χ1v) is 11.6. The molecule has 0 saturated heterocycles. The van der Waals surface area contributed by atoms with Crippen LogP contribution in [0, 0.1) is 5.92 Å². The Morgan fingerprint density at radius 2 is 2.16 bits per heavy atom. The van der Waals surface area contributed by atoms with Crippen LogP contribution in [0.5, 0.6) is 5.88 Å². The van der Waals surface area contributed by atoms with Crippen molar-refractivity contribution in [2.45, 2.75) is 45.7 Å². The van der Waals surface area contributed by atoms with Gasteiger partial charge in [0.25, 0.3) is 11.5 Å². The number of amides is 2. The molecule has 0 radical (unpaired) electrons. The Bertz CT molecular complexity index is 1020. The van der Waals surface area contributed by atoms with Crippen molar-refractivity contribution >= 4 is 35.8 Å². The highest BCUT2D eigenvalue weighted by atomic mass is 32.2. The molecule has 2 aromatic rings. The molecule has 168 valence electrons. The van der Waals surface area contributed by atoms with Crippen LogP contribution in [0.3, 0.4) is 0 Å². The maximum atomic E-state index is 13.0. The van der Waals surface area contributed by atoms with Crippen LogP contribution >= 0.6 is 11.8 Å². The number of thioether (sulfide) groups is 1. The van der Waals surface area contributed by atoms with Gasteiger partial charge in [-0.2, -0.15) is 21.4 Å². The predicted octanol–water partition coefficient (Wildman–Crippen LogP) is 1.63. The van der Waals surface area contributed by atoms with Gasteiger partial charge in [0.2, 0.25) is 12.3 Å². The molecule has 0 aromatic carbocycles. The number of carbonyl (C=O) groups is 2. The number of carbonyl (C=O) groups excluding carboxylic acids is 2. The smallest absolute Gasteiger partial charge is 0.291 e. The van der Waals surface area contributed by atoms with Crippen LogP contribution in [0.1, 0.15) is 49.0 Å². The second kappa shape index (κ2) is 10.5. The van der Waals surface area contributed by atoms with E-state index in [0.717, 1.165) is 30.8 Å². The van der Waals surface area contributed by atoms with Gasteiger partial charge in [-0.05, 0) is 30.9 Å². The van der Waals surface area contributed by atoms with E-state index < -0.39 is 11.5 Å². The number of hydrogen-bond donors (Lipinski definition) is 3. The summed E-state index contributed by atoms with van der Waals surface area (Å²) < 4.78 is 2.80. The van der Waals surface area contributed by atoms with Gasteiger partial charge >= 0.3 is 0 Å². The summed E-state index contributed by atoms with van der Waals surface area (Å²) in [5.74, 6) is 1.04. The monoisotopic (exact) mass is 447 g/mol. The Morgan fingerprint density at radius 1 is 1.39 bits per heavy atom. The molecule has 0 spiro atoms. The molecule has 1 aliphatic rings. The van der Waals surface area contributed by atoms with Gasteiger partial charge < -0.3 is 15.7 Å². The molecule has 0 bridgehead atoms. The molecule has 2 amide bonds. The zero-order valence-corrected chi connectivity index (χ0v) is 18.7. The largest absolute Gasteiger partial charge is 0.494 e. The van der Waals surface area contributed by atoms with E-state index in [4.69, 9.17) is 0 Å². The molecule has 2 aromatic heterocycles. The van der Waals surface area contributed by atoms with E-state index in [9.17, 15) is 19.5 Å². The fourth-order valence-electron chi connectivity index (χ4n) is 3.20. The number of nitrogens with one attached hydrogen (secondary N) is 2. The van der Waals surface area contributed by atoms with Gasteiger partial charge in [0.05, 0.1) is 6.20 Å². The molecule has 10 heteroatoms. The Kier molecular flexibility index (Phi) is 7.78. The third-order valence-corrected chi connectivity index (χ3v) is 5.82. The van der Waals surface area contributed by atoms with E-state index in [0.29, 0.717) is 30.7 Å². The quantitative estimate of drug-likeness (QED) is 0.336. The van der Waals surface area contributed by atoms with Crippen molar-refractivity contribution in [1.29, 1.82) is 0 Å². The number of allylic oxidation sites excluding steroid dienone is 1. The molecule has 1 aliphatic carbocycles. The minimum absolute atomic E-state index is 0.0729. The number of fused-ring (bicyclic) bond motifs is 1. The van der Waals surface area contributed by atoms with E-state index in [1.807, 2.05) is 26.0 Å². The lowest BCUT2D eigenvalue weighted by atomic mass is 10.2. The van der Waals surface area contributed by atoms with E-state index in [1.165, 1.54) is 4.52 Å². The molecule has 1 saturated carbocycles. The Labute approximate surface area is 184 Å². The fourth-order valence-corrected chi connectivity index (χ4v) is 3.97. The second-order valence-electron chi connectivity index (χ2n) is 7.97. The summed E-state index contributed by atoms with van der Waals surface area (Å²) in [5.41, 5.74) is 0.288. The first-order valence-electron chi connectivity index (χ1n) is 10.5. The summed E-state index contributed by atoms with van der Waals surface area (Å²) in [6.45, 7) is 5.08. The number of aromatic hydroxyl groups is 1. The van der Waals surface area contributed by atoms with Gasteiger partial charge in [0.15, 0.2) is 5.56 Å². The summed E-state index contributed by atoms with van der Waals surface area (Å²) in [5, 5.41) is 20.5. The highest BCUT2D eigenvalue weighted by molar-refractivity contribution is 7.99. The minimum Gasteiger partial charge on any atom is -0.494 e. The highest BCUT2D eigenvalue weighted by Crippen LogP contribution is 2.24. The molecule has 0 aliphatic heterocycles. The SMILES string of the molecule is CC(C)Cn1c(O)c(C(=O)NC2CC2)c(=O)n2ncc(/C=C/CCSCCNC=O)c12. The van der Waals surface area contributed by atoms with Crippen LogP contribution in [0.4, 0.5) is 0 Å². The van der Waals surface area contributed by atoms with Crippen molar-refractivity contribution in [3.05, 3.63) is 33.8 Å². The Morgan fingerprint density at radius 3 is 2.84 bits per heavy atom. The average Bonchev–Trinajstić information content (AvgIpc) is 3.43. The first kappa shape index (κ1) is 22.9. The maximum Gasteiger partial charge on any atom is 0.291 e. The summed E-state index contributed by atoms with van der Waals surface area (Å²) >= 11 is 1.73. The zero-order valence-electron chi connectivity index (χ0n) is 17.8. The molecule has 0 atom stereocenters. The van der Waals surface area contributed by atoms with Gasteiger partial charge in [-0.25, -0.2) is 0 Å². The van der Waals surface area contributed by atoms with E-state index in [1.54, 1.807) is 22.5 Å². The average molecular weight is 448 g/mol. The van der Waals surface area contributed by atoms with E-state index in [2.05, 4.69) is 15.7 Å². The summed E-state index contributed by atoms with van der Waals surface area (Å²) in [4.78, 5) is 35.8. The van der Waals surface area contributed by atoms with Gasteiger partial charge in [-0.1, -0.05) is 26.0 Å². The normalized spacial score (nSPS) is 13.9. The van der Waals surface area contributed by atoms with Gasteiger partial charge in [-0.3, -0.25) is 19.0 Å². The first-order chi connectivity index (χ1) is 14.9. The van der Waals surface area contributed by atoms with E-state index >= 15 is 0 Å². The molecule has 9 nitrogen and oxygen atoms in total. The Hall–Kier alpha value is -2.75. The number of aromatic nitrogens is 3. The van der Waals surface area contributed by atoms with Gasteiger partial charge in [0, 0.05) is 30.4 Å². The molecule has 1 fully saturated rings. The lowest BCUT2D eigenvalue weighted by molar-refractivity contribution is -0.109. The topological polar surface area (TPSA) is 118 Å². The van der Waals surface area contributed by atoms with Crippen LogP contribution < -0.4 is 16.2 Å². The second-order valence-corrected chi connectivity index (χ2v) is 9.19. The van der Waals surface area contributed by atoms with Crippen LogP contribution in [0.2, 0.25) is 0 Å². The van der Waals surface area contributed by atoms with Crippen molar-refractivity contribution in [3.8, 4) is 5.88 Å². The summed E-state index contributed by atoms with van der Waals surface area (Å²) in [7, 11) is 0. The van der Waals surface area contributed by atoms with Crippen LogP contribution in [-0.4, -0.2) is 55.7 Å². The molecule has 0 unspecified atom stereocenters. The van der Waals surface area contributed by atoms with Crippen molar-refractivity contribution in [2.75, 3.05) is 18.1 Å². The number of rotatable bonds is 12. The summed E-state index contributed by atoms with van der Waals surface area (Å²) in [6.07, 6.45) is 8.73. The van der Waals surface area contributed by atoms with Crippen LogP contribution in [0.15, 0.2) is 17.1 Å². The van der Waals surface area contributed by atoms with Crippen molar-refractivity contribution in [1.82, 2.24) is 24.8 Å². The van der Waals surface area contributed by atoms with E-state index in [-0.39, 0.29) is 23.4 Å². The highest BCUT2D eigenvalue weighted by Gasteiger charge is 2.29. The van der Waals surface area contributed by atoms with Crippen molar-refractivity contribution in [2.24, 2.45) is 5.92 Å². The molecule has 3 N–H and O–H groups in total. The minimum atomic E-state index is -0.622. The zero-order chi connectivity index (χ0) is 22.4. The lowest BCUT2D eigenvalue weighted by Crippen LogP contribution is -2.34. The number of nitrogens with zero attached hydrogens (tertiary/aromatic N) is 3. The lowest BCUT2D eigenvalue weighted by Gasteiger charge is -2.17. The van der Waals surface area contributed by atoms with Gasteiger partial charge in [0.1, 0.15) is 5.65 Å². The Balaban J connectivity index is 1.86. The standard InChI is InChI=1S/C21H29N5O4S/c1-14(2)12-25-19-15(5-3-4-9-31-10-8-22-13-27)11-23-26(19)21(30)17(20(25)29)18(28)24-16-6-7-16/h3,5,11,13-14,16,29H,4,6-10,12H2,1-2H3,(H,22,27)(H,24,28)/b5-3+. The van der Waals surface area contributed by atoms with Crippen LogP contribution in [-0.2, 0) is 11.3 Å². The number of hydrogen-bond acceptors (Lipinski definition) is 6. The molecule has 31 heavy (non-hydrogen) atoms. The summed E-state index contributed by atoms with van der Waals surface area (Å²) in [6, 6.07) is 0.0729. The molecular weight excluding hydrogens is 418 g/mol. The maximum absolute atomic E-state index is 13.0. The molecule has 2 heterocycles.